The molecule has 12 heavy (non-hydrogen) atoms. The summed E-state index contributed by atoms with van der Waals surface area (Å²) < 4.78 is 0. The Kier molecular flexibility index (Phi) is 45.9. The lowest BCUT2D eigenvalue weighted by Gasteiger charge is -1.67. The number of hydrogen-bond acceptors (Lipinski definition) is 3. The Morgan fingerprint density at radius 2 is 1.08 bits per heavy atom. The van der Waals surface area contributed by atoms with Crippen molar-refractivity contribution in [3.05, 3.63) is 0 Å². The molecule has 0 aromatic heterocycles. The van der Waals surface area contributed by atoms with E-state index < -0.39 is 0 Å². The average molecular weight is 179 g/mol. The number of carbonyl (C=O) groups is 1. The van der Waals surface area contributed by atoms with Crippen LogP contribution in [0.4, 0.5) is 0 Å². The Hall–Kier alpha value is -0.610. The van der Waals surface area contributed by atoms with Crippen LogP contribution in [0.1, 0.15) is 46.0 Å². The Morgan fingerprint density at radius 1 is 1.00 bits per heavy atom. The first-order chi connectivity index (χ1) is 5.91. The molecule has 4 N–H and O–H groups in total. The molecule has 4 heteroatoms. The van der Waals surface area contributed by atoms with Gasteiger partial charge in [-0.2, -0.15) is 0 Å². The molecule has 0 saturated heterocycles. The van der Waals surface area contributed by atoms with E-state index in [2.05, 4.69) is 5.90 Å². The molecule has 4 nitrogen and oxygen atoms in total. The van der Waals surface area contributed by atoms with Crippen molar-refractivity contribution in [3.63, 3.8) is 0 Å². The maximum absolute atomic E-state index is 8.36. The van der Waals surface area contributed by atoms with Crippen molar-refractivity contribution in [3.8, 4) is 0 Å². The highest BCUT2D eigenvalue weighted by Gasteiger charge is 1.95. The second kappa shape index (κ2) is 31.5. The highest BCUT2D eigenvalue weighted by molar-refractivity contribution is 5.32. The first-order valence-electron chi connectivity index (χ1n) is 4.25. The maximum atomic E-state index is 8.36. The zero-order chi connectivity index (χ0) is 10.2. The van der Waals surface area contributed by atoms with E-state index in [-0.39, 0.29) is 6.47 Å². The number of nitrogens with two attached hydrogens (primary N) is 1. The largest absolute Gasteiger partial charge is 0.483 e. The lowest BCUT2D eigenvalue weighted by Crippen LogP contribution is -1.72. The van der Waals surface area contributed by atoms with Crippen molar-refractivity contribution >= 4 is 6.47 Å². The molecular formula is C8H21NO3. The third-order valence-electron chi connectivity index (χ3n) is 1.25. The highest BCUT2D eigenvalue weighted by atomic mass is 16.4. The van der Waals surface area contributed by atoms with Gasteiger partial charge < -0.3 is 10.3 Å². The van der Waals surface area contributed by atoms with Crippen molar-refractivity contribution in [1.82, 2.24) is 0 Å². The summed E-state index contributed by atoms with van der Waals surface area (Å²) >= 11 is 0. The van der Waals surface area contributed by atoms with Gasteiger partial charge in [-0.15, -0.1) is 0 Å². The van der Waals surface area contributed by atoms with Crippen LogP contribution < -0.4 is 5.90 Å². The molecule has 0 spiro atoms. The van der Waals surface area contributed by atoms with Crippen LogP contribution in [0.2, 0.25) is 0 Å². The summed E-state index contributed by atoms with van der Waals surface area (Å²) in [7, 11) is 0. The van der Waals surface area contributed by atoms with Gasteiger partial charge in [0.15, 0.2) is 0 Å². The van der Waals surface area contributed by atoms with Crippen LogP contribution in [0.3, 0.4) is 0 Å². The van der Waals surface area contributed by atoms with Gasteiger partial charge in [-0.05, 0) is 0 Å². The Labute approximate surface area is 74.3 Å². The third-order valence-corrected chi connectivity index (χ3v) is 1.25. The molecule has 0 amide bonds. The predicted octanol–water partition coefficient (Wildman–Crippen LogP) is 2.01. The molecule has 1 aliphatic carbocycles. The maximum Gasteiger partial charge on any atom is 0.290 e. The van der Waals surface area contributed by atoms with E-state index in [1.165, 1.54) is 32.1 Å². The van der Waals surface area contributed by atoms with Crippen LogP contribution >= 0.6 is 0 Å². The van der Waals surface area contributed by atoms with Crippen LogP contribution in [0.25, 0.3) is 0 Å². The van der Waals surface area contributed by atoms with E-state index in [4.69, 9.17) is 15.1 Å². The number of carboxylic acid groups (broad SMARTS) is 1. The van der Waals surface area contributed by atoms with Crippen LogP contribution in [0.15, 0.2) is 0 Å². The fourth-order valence-electron chi connectivity index (χ4n) is 0.884. The Bertz CT molecular complexity index is 48.7. The van der Waals surface area contributed by atoms with Crippen molar-refractivity contribution in [2.75, 3.05) is 0 Å². The molecule has 0 heterocycles. The lowest BCUT2D eigenvalue weighted by molar-refractivity contribution is -0.122. The van der Waals surface area contributed by atoms with Gasteiger partial charge >= 0.3 is 0 Å². The standard InChI is InChI=1S/C5H10.C2H6.CH2O2.H3NO/c1-2-4-5-3-1;1-2;2-1-3;1-2/h1-5H2;1-2H3;1H,(H,2,3);2H,1H2. The molecule has 0 aliphatic heterocycles. The van der Waals surface area contributed by atoms with Gasteiger partial charge in [0.05, 0.1) is 0 Å². The molecule has 0 atom stereocenters. The van der Waals surface area contributed by atoms with E-state index in [0.717, 1.165) is 0 Å². The van der Waals surface area contributed by atoms with E-state index in [9.17, 15) is 0 Å². The van der Waals surface area contributed by atoms with Gasteiger partial charge in [0.25, 0.3) is 6.47 Å². The molecule has 1 fully saturated rings. The second-order valence-corrected chi connectivity index (χ2v) is 1.87. The summed E-state index contributed by atoms with van der Waals surface area (Å²) in [4.78, 5) is 8.36. The molecule has 1 saturated carbocycles. The summed E-state index contributed by atoms with van der Waals surface area (Å²) in [6.45, 7) is 3.75. The summed E-state index contributed by atoms with van der Waals surface area (Å²) in [5.74, 6) is 3.50. The molecule has 1 rings (SSSR count). The van der Waals surface area contributed by atoms with Gasteiger partial charge in [0.2, 0.25) is 0 Å². The minimum absolute atomic E-state index is 0.250. The average Bonchev–Trinajstić information content (AvgIpc) is 2.69. The van der Waals surface area contributed by atoms with Crippen molar-refractivity contribution in [2.45, 2.75) is 46.0 Å². The van der Waals surface area contributed by atoms with Crippen LogP contribution in [-0.4, -0.2) is 16.8 Å². The minimum atomic E-state index is -0.250. The van der Waals surface area contributed by atoms with Gasteiger partial charge in [-0.1, -0.05) is 46.0 Å². The second-order valence-electron chi connectivity index (χ2n) is 1.87. The van der Waals surface area contributed by atoms with E-state index in [0.29, 0.717) is 0 Å². The monoisotopic (exact) mass is 179 g/mol. The molecule has 0 bridgehead atoms. The lowest BCUT2D eigenvalue weighted by atomic mass is 10.4. The molecule has 0 aromatic rings. The number of hydrogen-bond donors (Lipinski definition) is 3. The van der Waals surface area contributed by atoms with E-state index >= 15 is 0 Å². The van der Waals surface area contributed by atoms with Gasteiger partial charge in [0.1, 0.15) is 0 Å². The van der Waals surface area contributed by atoms with Crippen LogP contribution in [0.5, 0.6) is 0 Å². The summed E-state index contributed by atoms with van der Waals surface area (Å²) in [5.41, 5.74) is 0. The Balaban J connectivity index is -0.000000102. The quantitative estimate of drug-likeness (QED) is 0.392. The zero-order valence-corrected chi connectivity index (χ0v) is 7.99. The molecule has 1 aliphatic rings. The molecule has 0 aromatic carbocycles. The topological polar surface area (TPSA) is 83.5 Å². The smallest absolute Gasteiger partial charge is 0.290 e. The van der Waals surface area contributed by atoms with Crippen molar-refractivity contribution < 1.29 is 15.1 Å². The summed E-state index contributed by atoms with van der Waals surface area (Å²) in [5, 5.41) is 13.4. The normalized spacial score (nSPS) is 12.0. The van der Waals surface area contributed by atoms with Crippen molar-refractivity contribution in [2.24, 2.45) is 5.90 Å². The first-order valence-corrected chi connectivity index (χ1v) is 4.25. The summed E-state index contributed by atoms with van der Waals surface area (Å²) in [6.07, 6.45) is 7.50. The van der Waals surface area contributed by atoms with Gasteiger partial charge in [-0.3, -0.25) is 4.79 Å². The van der Waals surface area contributed by atoms with Gasteiger partial charge in [-0.25, -0.2) is 5.90 Å². The zero-order valence-electron chi connectivity index (χ0n) is 7.99. The van der Waals surface area contributed by atoms with E-state index in [1.54, 1.807) is 0 Å². The van der Waals surface area contributed by atoms with E-state index in [1.807, 2.05) is 13.8 Å². The van der Waals surface area contributed by atoms with Gasteiger partial charge in [0, 0.05) is 0 Å². The fraction of sp³-hybridized carbons (Fsp3) is 0.875. The number of rotatable bonds is 0. The molecule has 76 valence electrons. The fourth-order valence-corrected chi connectivity index (χ4v) is 0.884. The molecule has 0 radical (unpaired) electrons. The predicted molar refractivity (Wildman–Crippen MR) is 49.1 cm³/mol. The molecule has 0 unspecified atom stereocenters. The van der Waals surface area contributed by atoms with Crippen molar-refractivity contribution in [1.29, 1.82) is 0 Å². The van der Waals surface area contributed by atoms with Crippen LogP contribution in [0, 0.1) is 0 Å². The third kappa shape index (κ3) is 34.3. The van der Waals surface area contributed by atoms with Crippen LogP contribution in [-0.2, 0) is 4.79 Å². The summed E-state index contributed by atoms with van der Waals surface area (Å²) in [6, 6.07) is 0. The first kappa shape index (κ1) is 17.5. The Morgan fingerprint density at radius 3 is 1.17 bits per heavy atom. The highest BCUT2D eigenvalue weighted by Crippen LogP contribution is 2.15. The SMILES string of the molecule is C1CCCC1.CC.NO.O=CO. The minimum Gasteiger partial charge on any atom is -0.483 e. The molecular weight excluding hydrogens is 158 g/mol.